The molecule has 0 amide bonds. The van der Waals surface area contributed by atoms with Crippen LogP contribution < -0.4 is 5.73 Å². The Kier molecular flexibility index (Phi) is 2.37. The summed E-state index contributed by atoms with van der Waals surface area (Å²) in [6.07, 6.45) is 5.74. The quantitative estimate of drug-likeness (QED) is 0.785. The molecule has 0 radical (unpaired) electrons. The summed E-state index contributed by atoms with van der Waals surface area (Å²) in [5.41, 5.74) is 8.66. The lowest BCUT2D eigenvalue weighted by Gasteiger charge is -1.94. The Bertz CT molecular complexity index is 468. The van der Waals surface area contributed by atoms with E-state index in [2.05, 4.69) is 6.07 Å². The summed E-state index contributed by atoms with van der Waals surface area (Å²) < 4.78 is 5.36. The molecule has 0 aliphatic carbocycles. The van der Waals surface area contributed by atoms with Gasteiger partial charge in [-0.2, -0.15) is 0 Å². The maximum atomic E-state index is 5.39. The summed E-state index contributed by atoms with van der Waals surface area (Å²) >= 11 is 0. The highest BCUT2D eigenvalue weighted by molar-refractivity contribution is 5.83. The zero-order chi connectivity index (χ0) is 9.97. The lowest BCUT2D eigenvalue weighted by molar-refractivity contribution is 0.613. The first-order chi connectivity index (χ1) is 6.81. The molecule has 2 rings (SSSR count). The van der Waals surface area contributed by atoms with Crippen molar-refractivity contribution in [3.05, 3.63) is 41.7 Å². The van der Waals surface area contributed by atoms with E-state index in [1.807, 2.05) is 31.2 Å². The lowest BCUT2D eigenvalue weighted by atomic mass is 10.1. The van der Waals surface area contributed by atoms with Crippen LogP contribution in [0, 0.1) is 6.92 Å². The van der Waals surface area contributed by atoms with E-state index in [0.29, 0.717) is 6.54 Å². The molecule has 0 aliphatic rings. The van der Waals surface area contributed by atoms with Crippen LogP contribution in [0.25, 0.3) is 17.0 Å². The summed E-state index contributed by atoms with van der Waals surface area (Å²) in [7, 11) is 0. The molecular weight excluding hydrogens is 174 g/mol. The minimum atomic E-state index is 0.572. The normalized spacial score (nSPS) is 11.6. The third kappa shape index (κ3) is 1.56. The molecule has 0 aliphatic heterocycles. The van der Waals surface area contributed by atoms with Crippen LogP contribution in [0.15, 0.2) is 35.0 Å². The van der Waals surface area contributed by atoms with Gasteiger partial charge in [-0.25, -0.2) is 0 Å². The van der Waals surface area contributed by atoms with Crippen LogP contribution >= 0.6 is 0 Å². The molecule has 1 aromatic carbocycles. The molecule has 0 spiro atoms. The van der Waals surface area contributed by atoms with Gasteiger partial charge in [-0.1, -0.05) is 18.2 Å². The minimum Gasteiger partial charge on any atom is -0.464 e. The van der Waals surface area contributed by atoms with Crippen LogP contribution in [0.4, 0.5) is 0 Å². The second-order valence-electron chi connectivity index (χ2n) is 3.31. The van der Waals surface area contributed by atoms with Crippen LogP contribution in [0.2, 0.25) is 0 Å². The standard InChI is InChI=1S/C12H13NO/c1-9-8-14-12-5-4-10(3-2-6-13)7-11(9)12/h2-5,7-8H,6,13H2,1H3/b3-2+. The predicted octanol–water partition coefficient (Wildman–Crippen LogP) is 2.71. The van der Waals surface area contributed by atoms with E-state index >= 15 is 0 Å². The Morgan fingerprint density at radius 2 is 2.29 bits per heavy atom. The van der Waals surface area contributed by atoms with Crippen molar-refractivity contribution >= 4 is 17.0 Å². The minimum absolute atomic E-state index is 0.572. The Hall–Kier alpha value is -1.54. The van der Waals surface area contributed by atoms with E-state index in [4.69, 9.17) is 10.2 Å². The van der Waals surface area contributed by atoms with E-state index in [1.54, 1.807) is 6.26 Å². The number of benzene rings is 1. The molecule has 1 aromatic heterocycles. The summed E-state index contributed by atoms with van der Waals surface area (Å²) in [5.74, 6) is 0. The van der Waals surface area contributed by atoms with Crippen LogP contribution in [0.5, 0.6) is 0 Å². The summed E-state index contributed by atoms with van der Waals surface area (Å²) in [6.45, 7) is 2.62. The molecule has 72 valence electrons. The summed E-state index contributed by atoms with van der Waals surface area (Å²) in [6, 6.07) is 6.12. The number of hydrogen-bond donors (Lipinski definition) is 1. The van der Waals surface area contributed by atoms with Crippen molar-refractivity contribution in [2.75, 3.05) is 6.54 Å². The number of nitrogens with two attached hydrogens (primary N) is 1. The van der Waals surface area contributed by atoms with Gasteiger partial charge in [0.05, 0.1) is 6.26 Å². The Labute approximate surface area is 83.0 Å². The van der Waals surface area contributed by atoms with Gasteiger partial charge in [0.25, 0.3) is 0 Å². The van der Waals surface area contributed by atoms with Crippen molar-refractivity contribution in [3.63, 3.8) is 0 Å². The molecule has 0 bridgehead atoms. The fraction of sp³-hybridized carbons (Fsp3) is 0.167. The van der Waals surface area contributed by atoms with Crippen LogP contribution in [0.1, 0.15) is 11.1 Å². The second-order valence-corrected chi connectivity index (χ2v) is 3.31. The van der Waals surface area contributed by atoms with Gasteiger partial charge in [0.2, 0.25) is 0 Å². The maximum Gasteiger partial charge on any atom is 0.134 e. The van der Waals surface area contributed by atoms with Gasteiger partial charge < -0.3 is 10.2 Å². The van der Waals surface area contributed by atoms with Gasteiger partial charge in [0, 0.05) is 11.9 Å². The molecule has 2 heteroatoms. The largest absolute Gasteiger partial charge is 0.464 e. The van der Waals surface area contributed by atoms with Crippen molar-refractivity contribution < 1.29 is 4.42 Å². The molecular formula is C12H13NO. The average molecular weight is 187 g/mol. The molecule has 0 atom stereocenters. The van der Waals surface area contributed by atoms with Gasteiger partial charge in [-0.3, -0.25) is 0 Å². The van der Waals surface area contributed by atoms with Gasteiger partial charge in [0.1, 0.15) is 5.58 Å². The fourth-order valence-corrected chi connectivity index (χ4v) is 1.48. The van der Waals surface area contributed by atoms with Crippen molar-refractivity contribution in [1.82, 2.24) is 0 Å². The number of rotatable bonds is 2. The molecule has 0 saturated carbocycles. The van der Waals surface area contributed by atoms with E-state index in [-0.39, 0.29) is 0 Å². The zero-order valence-corrected chi connectivity index (χ0v) is 8.16. The Morgan fingerprint density at radius 1 is 1.43 bits per heavy atom. The first-order valence-corrected chi connectivity index (χ1v) is 4.66. The number of furan rings is 1. The zero-order valence-electron chi connectivity index (χ0n) is 8.16. The molecule has 2 nitrogen and oxygen atoms in total. The van der Waals surface area contributed by atoms with Crippen molar-refractivity contribution in [2.24, 2.45) is 5.73 Å². The lowest BCUT2D eigenvalue weighted by Crippen LogP contribution is -1.91. The molecule has 0 unspecified atom stereocenters. The molecule has 0 saturated heterocycles. The van der Waals surface area contributed by atoms with E-state index < -0.39 is 0 Å². The van der Waals surface area contributed by atoms with Crippen molar-refractivity contribution in [2.45, 2.75) is 6.92 Å². The molecule has 0 fully saturated rings. The smallest absolute Gasteiger partial charge is 0.134 e. The first-order valence-electron chi connectivity index (χ1n) is 4.66. The Morgan fingerprint density at radius 3 is 3.07 bits per heavy atom. The second kappa shape index (κ2) is 3.68. The summed E-state index contributed by atoms with van der Waals surface area (Å²) in [5, 5.41) is 1.17. The van der Waals surface area contributed by atoms with Crippen molar-refractivity contribution in [1.29, 1.82) is 0 Å². The van der Waals surface area contributed by atoms with Gasteiger partial charge in [0.15, 0.2) is 0 Å². The van der Waals surface area contributed by atoms with Gasteiger partial charge >= 0.3 is 0 Å². The predicted molar refractivity (Wildman–Crippen MR) is 59.0 cm³/mol. The number of fused-ring (bicyclic) bond motifs is 1. The summed E-state index contributed by atoms with van der Waals surface area (Å²) in [4.78, 5) is 0. The highest BCUT2D eigenvalue weighted by Crippen LogP contribution is 2.22. The SMILES string of the molecule is Cc1coc2ccc(/C=C/CN)cc12. The Balaban J connectivity index is 2.49. The highest BCUT2D eigenvalue weighted by atomic mass is 16.3. The van der Waals surface area contributed by atoms with E-state index in [9.17, 15) is 0 Å². The first kappa shape index (κ1) is 9.03. The molecule has 2 N–H and O–H groups in total. The van der Waals surface area contributed by atoms with E-state index in [1.165, 1.54) is 10.9 Å². The molecule has 14 heavy (non-hydrogen) atoms. The third-order valence-corrected chi connectivity index (χ3v) is 2.24. The third-order valence-electron chi connectivity index (χ3n) is 2.24. The van der Waals surface area contributed by atoms with E-state index in [0.717, 1.165) is 11.1 Å². The van der Waals surface area contributed by atoms with Gasteiger partial charge in [-0.15, -0.1) is 0 Å². The van der Waals surface area contributed by atoms with Gasteiger partial charge in [-0.05, 0) is 30.2 Å². The highest BCUT2D eigenvalue weighted by Gasteiger charge is 2.00. The topological polar surface area (TPSA) is 39.2 Å². The maximum absolute atomic E-state index is 5.39. The number of aryl methyl sites for hydroxylation is 1. The van der Waals surface area contributed by atoms with Crippen molar-refractivity contribution in [3.8, 4) is 0 Å². The van der Waals surface area contributed by atoms with Crippen LogP contribution in [-0.2, 0) is 0 Å². The molecule has 2 aromatic rings. The average Bonchev–Trinajstić information content (AvgIpc) is 2.57. The van der Waals surface area contributed by atoms with Crippen LogP contribution in [-0.4, -0.2) is 6.54 Å². The monoisotopic (exact) mass is 187 g/mol. The fourth-order valence-electron chi connectivity index (χ4n) is 1.48. The van der Waals surface area contributed by atoms with Crippen LogP contribution in [0.3, 0.4) is 0 Å². The molecule has 1 heterocycles. The number of hydrogen-bond acceptors (Lipinski definition) is 2.